The zero-order chi connectivity index (χ0) is 16.1. The number of benzene rings is 2. The minimum Gasteiger partial charge on any atom is -0.317 e. The van der Waals surface area contributed by atoms with Crippen LogP contribution in [0.1, 0.15) is 13.8 Å². The molecule has 0 spiro atoms. The summed E-state index contributed by atoms with van der Waals surface area (Å²) < 4.78 is 2.28. The lowest BCUT2D eigenvalue weighted by Crippen LogP contribution is -2.14. The van der Waals surface area contributed by atoms with Crippen LogP contribution in [0.5, 0.6) is 0 Å². The van der Waals surface area contributed by atoms with Gasteiger partial charge in [0.05, 0.1) is 11.4 Å². The molecule has 23 heavy (non-hydrogen) atoms. The molecule has 0 fully saturated rings. The second kappa shape index (κ2) is 7.66. The fourth-order valence-corrected chi connectivity index (χ4v) is 4.11. The summed E-state index contributed by atoms with van der Waals surface area (Å²) in [6.07, 6.45) is 0. The molecule has 0 bridgehead atoms. The molecule has 0 saturated heterocycles. The van der Waals surface area contributed by atoms with Gasteiger partial charge in [-0.3, -0.25) is 0 Å². The summed E-state index contributed by atoms with van der Waals surface area (Å²) in [5, 5.41) is 2.20. The number of thioether (sulfide) groups is 1. The molecule has 0 aliphatic carbocycles. The first kappa shape index (κ1) is 16.1. The van der Waals surface area contributed by atoms with E-state index in [4.69, 9.17) is 4.99 Å². The highest BCUT2D eigenvalue weighted by Crippen LogP contribution is 2.25. The number of nitrogens with zero attached hydrogens (tertiary/aromatic N) is 2. The number of hydrogen-bond acceptors (Lipinski definition) is 3. The summed E-state index contributed by atoms with van der Waals surface area (Å²) in [4.78, 5) is 7.15. The van der Waals surface area contributed by atoms with Crippen molar-refractivity contribution in [1.82, 2.24) is 4.57 Å². The molecule has 1 aromatic heterocycles. The van der Waals surface area contributed by atoms with Crippen LogP contribution in [0.15, 0.2) is 69.9 Å². The number of aromatic nitrogens is 1. The van der Waals surface area contributed by atoms with Gasteiger partial charge >= 0.3 is 0 Å². The number of para-hydroxylation sites is 1. The third-order valence-corrected chi connectivity index (χ3v) is 5.31. The maximum Gasteiger partial charge on any atom is 0.190 e. The van der Waals surface area contributed by atoms with Gasteiger partial charge in [0.1, 0.15) is 0 Å². The lowest BCUT2D eigenvalue weighted by atomic mass is 10.2. The summed E-state index contributed by atoms with van der Waals surface area (Å²) in [5.41, 5.74) is 3.48. The van der Waals surface area contributed by atoms with Gasteiger partial charge in [-0.1, -0.05) is 37.3 Å². The van der Waals surface area contributed by atoms with Gasteiger partial charge in [-0.2, -0.15) is 0 Å². The summed E-state index contributed by atoms with van der Waals surface area (Å²) in [6, 6.07) is 19.0. The fraction of sp³-hybridized carbons (Fsp3) is 0.211. The van der Waals surface area contributed by atoms with Crippen molar-refractivity contribution in [2.75, 3.05) is 5.75 Å². The van der Waals surface area contributed by atoms with Crippen molar-refractivity contribution in [3.8, 4) is 11.3 Å². The normalized spacial score (nSPS) is 11.8. The van der Waals surface area contributed by atoms with Gasteiger partial charge in [-0.15, -0.1) is 23.1 Å². The lowest BCUT2D eigenvalue weighted by molar-refractivity contribution is 0.745. The molecule has 0 radical (unpaired) electrons. The molecule has 3 aromatic rings. The van der Waals surface area contributed by atoms with E-state index in [1.807, 2.05) is 42.1 Å². The predicted octanol–water partition coefficient (Wildman–Crippen LogP) is 5.58. The molecule has 118 valence electrons. The second-order valence-corrected chi connectivity index (χ2v) is 7.23. The molecule has 2 nitrogen and oxygen atoms in total. The Hall–Kier alpha value is -1.78. The Balaban J connectivity index is 1.99. The minimum absolute atomic E-state index is 0.913. The summed E-state index contributed by atoms with van der Waals surface area (Å²) in [7, 11) is 0. The van der Waals surface area contributed by atoms with Crippen LogP contribution in [0, 0.1) is 0 Å². The van der Waals surface area contributed by atoms with E-state index in [9.17, 15) is 0 Å². The highest BCUT2D eigenvalue weighted by atomic mass is 32.2. The van der Waals surface area contributed by atoms with E-state index in [1.54, 1.807) is 11.3 Å². The standard InChI is InChI=1S/C19H20N2S2/c1-3-21-18(15-10-12-17(13-11-15)22-4-2)14-23-19(21)20-16-8-6-5-7-9-16/h5-14H,3-4H2,1-2H3. The topological polar surface area (TPSA) is 17.3 Å². The van der Waals surface area contributed by atoms with E-state index in [0.29, 0.717) is 0 Å². The summed E-state index contributed by atoms with van der Waals surface area (Å²) in [6.45, 7) is 5.26. The zero-order valence-electron chi connectivity index (χ0n) is 13.4. The molecule has 2 aromatic carbocycles. The molecule has 0 aliphatic heterocycles. The van der Waals surface area contributed by atoms with Crippen molar-refractivity contribution in [1.29, 1.82) is 0 Å². The number of rotatable bonds is 5. The van der Waals surface area contributed by atoms with E-state index < -0.39 is 0 Å². The molecular weight excluding hydrogens is 320 g/mol. The monoisotopic (exact) mass is 340 g/mol. The molecule has 1 heterocycles. The van der Waals surface area contributed by atoms with E-state index in [0.717, 1.165) is 22.8 Å². The Kier molecular flexibility index (Phi) is 5.36. The first-order valence-corrected chi connectivity index (χ1v) is 9.69. The average molecular weight is 341 g/mol. The summed E-state index contributed by atoms with van der Waals surface area (Å²) >= 11 is 3.57. The molecule has 0 atom stereocenters. The van der Waals surface area contributed by atoms with Crippen LogP contribution in [0.25, 0.3) is 11.3 Å². The van der Waals surface area contributed by atoms with E-state index in [-0.39, 0.29) is 0 Å². The van der Waals surface area contributed by atoms with Crippen molar-refractivity contribution in [3.63, 3.8) is 0 Å². The molecule has 3 rings (SSSR count). The SMILES string of the molecule is CCSc1ccc(-c2csc(=Nc3ccccc3)n2CC)cc1. The Bertz CT molecular complexity index is 815. The van der Waals surface area contributed by atoms with Crippen LogP contribution in [-0.2, 0) is 6.54 Å². The third kappa shape index (κ3) is 3.77. The maximum atomic E-state index is 4.78. The quantitative estimate of drug-likeness (QED) is 0.554. The van der Waals surface area contributed by atoms with Crippen LogP contribution in [0.3, 0.4) is 0 Å². The highest BCUT2D eigenvalue weighted by Gasteiger charge is 2.07. The maximum absolute atomic E-state index is 4.78. The van der Waals surface area contributed by atoms with Crippen LogP contribution < -0.4 is 4.80 Å². The van der Waals surface area contributed by atoms with Crippen molar-refractivity contribution in [2.45, 2.75) is 25.3 Å². The minimum atomic E-state index is 0.913. The van der Waals surface area contributed by atoms with Crippen LogP contribution in [0.2, 0.25) is 0 Å². The van der Waals surface area contributed by atoms with Gasteiger partial charge in [-0.25, -0.2) is 4.99 Å². The zero-order valence-corrected chi connectivity index (χ0v) is 15.0. The van der Waals surface area contributed by atoms with Gasteiger partial charge < -0.3 is 4.57 Å². The average Bonchev–Trinajstić information content (AvgIpc) is 2.99. The first-order valence-electron chi connectivity index (χ1n) is 7.83. The molecule has 4 heteroatoms. The lowest BCUT2D eigenvalue weighted by Gasteiger charge is -2.07. The highest BCUT2D eigenvalue weighted by molar-refractivity contribution is 7.99. The van der Waals surface area contributed by atoms with Crippen LogP contribution in [-0.4, -0.2) is 10.3 Å². The molecule has 0 amide bonds. The van der Waals surface area contributed by atoms with Gasteiger partial charge in [0, 0.05) is 16.8 Å². The Morgan fingerprint density at radius 3 is 2.39 bits per heavy atom. The van der Waals surface area contributed by atoms with Crippen LogP contribution in [0.4, 0.5) is 5.69 Å². The largest absolute Gasteiger partial charge is 0.317 e. The van der Waals surface area contributed by atoms with E-state index in [2.05, 4.69) is 48.1 Å². The Morgan fingerprint density at radius 2 is 1.74 bits per heavy atom. The molecule has 0 aliphatic rings. The fourth-order valence-electron chi connectivity index (χ4n) is 2.46. The van der Waals surface area contributed by atoms with Crippen LogP contribution >= 0.6 is 23.1 Å². The third-order valence-electron chi connectivity index (χ3n) is 3.56. The van der Waals surface area contributed by atoms with E-state index >= 15 is 0 Å². The number of thiazole rings is 1. The first-order chi connectivity index (χ1) is 11.3. The van der Waals surface area contributed by atoms with Crippen molar-refractivity contribution >= 4 is 28.8 Å². The Labute approximate surface area is 145 Å². The molecule has 0 unspecified atom stereocenters. The smallest absolute Gasteiger partial charge is 0.190 e. The molecular formula is C19H20N2S2. The van der Waals surface area contributed by atoms with Gasteiger partial charge in [-0.05, 0) is 42.5 Å². The summed E-state index contributed by atoms with van der Waals surface area (Å²) in [5.74, 6) is 1.10. The molecule has 0 saturated carbocycles. The van der Waals surface area contributed by atoms with Crippen molar-refractivity contribution in [3.05, 3.63) is 64.8 Å². The van der Waals surface area contributed by atoms with E-state index in [1.165, 1.54) is 16.2 Å². The Morgan fingerprint density at radius 1 is 1.00 bits per heavy atom. The van der Waals surface area contributed by atoms with Gasteiger partial charge in [0.25, 0.3) is 0 Å². The van der Waals surface area contributed by atoms with Crippen molar-refractivity contribution in [2.24, 2.45) is 4.99 Å². The number of hydrogen-bond donors (Lipinski definition) is 0. The van der Waals surface area contributed by atoms with Crippen molar-refractivity contribution < 1.29 is 0 Å². The second-order valence-electron chi connectivity index (χ2n) is 5.05. The van der Waals surface area contributed by atoms with Gasteiger partial charge in [0.15, 0.2) is 4.80 Å². The van der Waals surface area contributed by atoms with Gasteiger partial charge in [0.2, 0.25) is 0 Å². The predicted molar refractivity (Wildman–Crippen MR) is 101 cm³/mol. The molecule has 0 N–H and O–H groups in total.